The van der Waals surface area contributed by atoms with Gasteiger partial charge in [0.2, 0.25) is 0 Å². The van der Waals surface area contributed by atoms with Crippen molar-refractivity contribution < 1.29 is 29.2 Å². The molecule has 284 valence electrons. The van der Waals surface area contributed by atoms with E-state index in [9.17, 15) is 10.2 Å². The maximum Gasteiger partial charge on any atom is 0.124 e. The molecule has 4 heterocycles. The molecule has 0 aliphatic carbocycles. The molecule has 0 radical (unpaired) electrons. The number of aliphatic hydroxyl groups excluding tert-OH is 2. The summed E-state index contributed by atoms with van der Waals surface area (Å²) in [7, 11) is 1.65. The van der Waals surface area contributed by atoms with Gasteiger partial charge in [0.25, 0.3) is 0 Å². The largest absolute Gasteiger partial charge is 0.491 e. The van der Waals surface area contributed by atoms with E-state index in [1.54, 1.807) is 7.11 Å². The average Bonchev–Trinajstić information content (AvgIpc) is 3.75. The SMILES string of the molecule is CCC1=C(CC)c2cc3[nH]c(cnc4cc(OCCOCCOCCOC)c(C)cc4ncc4nc(cc1n2)C(CCCO)=C4C)c(C)c3CCCO. The Labute approximate surface area is 312 Å². The number of nitrogens with zero attached hydrogens (tertiary/aromatic N) is 4. The second-order valence-electron chi connectivity index (χ2n) is 13.2. The first-order valence-electron chi connectivity index (χ1n) is 18.8. The zero-order valence-corrected chi connectivity index (χ0v) is 32.2. The summed E-state index contributed by atoms with van der Waals surface area (Å²) in [5, 5.41) is 19.5. The van der Waals surface area contributed by atoms with E-state index in [1.165, 1.54) is 11.1 Å². The number of aromatic amines is 1. The molecule has 0 saturated carbocycles. The van der Waals surface area contributed by atoms with Crippen LogP contribution in [-0.2, 0) is 20.6 Å². The molecule has 0 unspecified atom stereocenters. The molecule has 0 spiro atoms. The molecule has 11 heteroatoms. The van der Waals surface area contributed by atoms with Gasteiger partial charge in [0, 0.05) is 31.9 Å². The van der Waals surface area contributed by atoms with Gasteiger partial charge >= 0.3 is 0 Å². The third-order valence-electron chi connectivity index (χ3n) is 9.71. The van der Waals surface area contributed by atoms with Crippen LogP contribution in [0.3, 0.4) is 0 Å². The van der Waals surface area contributed by atoms with E-state index in [2.05, 4.69) is 44.8 Å². The van der Waals surface area contributed by atoms with Gasteiger partial charge in [-0.05, 0) is 116 Å². The summed E-state index contributed by atoms with van der Waals surface area (Å²) < 4.78 is 22.3. The number of fused-ring (bicyclic) bond motifs is 7. The van der Waals surface area contributed by atoms with Crippen LogP contribution in [0.4, 0.5) is 0 Å². The normalized spacial score (nSPS) is 12.9. The van der Waals surface area contributed by atoms with Gasteiger partial charge in [-0.2, -0.15) is 0 Å². The summed E-state index contributed by atoms with van der Waals surface area (Å²) in [6, 6.07) is 8.15. The lowest BCUT2D eigenvalue weighted by Gasteiger charge is -2.10. The van der Waals surface area contributed by atoms with Crippen molar-refractivity contribution in [3.05, 3.63) is 76.1 Å². The standard InChI is InChI=1S/C42H55N5O6/c1-7-30-31(8-2)35-23-37-33(12-10-14-49)29(5)41(47-37)26-44-39-24-42(53-20-19-52-18-17-51-16-15-50-6)27(3)21-38(39)43-25-40-28(4)32(11-9-13-48)36(46-40)22-34(30)45-35/h21-26,47-49H,7-20H2,1-6H3. The van der Waals surface area contributed by atoms with Crippen LogP contribution in [0.25, 0.3) is 44.4 Å². The Hall–Kier alpha value is -4.26. The molecule has 11 nitrogen and oxygen atoms in total. The average molecular weight is 726 g/mol. The first-order valence-corrected chi connectivity index (χ1v) is 18.8. The molecular weight excluding hydrogens is 670 g/mol. The predicted molar refractivity (Wildman–Crippen MR) is 211 cm³/mol. The van der Waals surface area contributed by atoms with Crippen molar-refractivity contribution in [2.45, 2.75) is 73.1 Å². The molecule has 2 aromatic heterocycles. The van der Waals surface area contributed by atoms with Gasteiger partial charge < -0.3 is 34.1 Å². The van der Waals surface area contributed by atoms with Crippen molar-refractivity contribution in [3.63, 3.8) is 0 Å². The number of aliphatic hydroxyl groups is 2. The van der Waals surface area contributed by atoms with Gasteiger partial charge in [-0.1, -0.05) is 13.8 Å². The Kier molecular flexibility index (Phi) is 14.9. The van der Waals surface area contributed by atoms with Gasteiger partial charge in [-0.25, -0.2) is 9.97 Å². The van der Waals surface area contributed by atoms with E-state index in [4.69, 9.17) is 38.9 Å². The molecule has 53 heavy (non-hydrogen) atoms. The minimum Gasteiger partial charge on any atom is -0.491 e. The third-order valence-corrected chi connectivity index (χ3v) is 9.71. The Morgan fingerprint density at radius 3 is 1.94 bits per heavy atom. The Morgan fingerprint density at radius 2 is 1.25 bits per heavy atom. The summed E-state index contributed by atoms with van der Waals surface area (Å²) >= 11 is 0. The van der Waals surface area contributed by atoms with Crippen LogP contribution in [-0.4, -0.2) is 95.1 Å². The van der Waals surface area contributed by atoms with E-state index in [1.807, 2.05) is 31.5 Å². The molecule has 3 aromatic rings. The second-order valence-corrected chi connectivity index (χ2v) is 13.2. The van der Waals surface area contributed by atoms with Crippen LogP contribution in [0.2, 0.25) is 0 Å². The van der Waals surface area contributed by atoms with E-state index in [0.29, 0.717) is 82.1 Å². The molecular formula is C42H55N5O6. The lowest BCUT2D eigenvalue weighted by Crippen LogP contribution is -2.12. The smallest absolute Gasteiger partial charge is 0.124 e. The fraction of sp³-hybridized carbons (Fsp3) is 0.476. The fourth-order valence-electron chi connectivity index (χ4n) is 6.79. The topological polar surface area (TPSA) is 145 Å². The number of H-pyrrole nitrogens is 1. The fourth-order valence-corrected chi connectivity index (χ4v) is 6.79. The van der Waals surface area contributed by atoms with E-state index < -0.39 is 0 Å². The number of allylic oxidation sites excluding steroid dienone is 4. The first kappa shape index (κ1) is 39.9. The molecule has 6 bridgehead atoms. The van der Waals surface area contributed by atoms with Gasteiger partial charge in [0.05, 0.1) is 84.8 Å². The molecule has 3 N–H and O–H groups in total. The summed E-state index contributed by atoms with van der Waals surface area (Å²) in [6.07, 6.45) is 8.03. The van der Waals surface area contributed by atoms with Gasteiger partial charge in [-0.15, -0.1) is 0 Å². The molecule has 2 aliphatic heterocycles. The van der Waals surface area contributed by atoms with Crippen molar-refractivity contribution in [2.24, 2.45) is 0 Å². The van der Waals surface area contributed by atoms with E-state index >= 15 is 0 Å². The highest BCUT2D eigenvalue weighted by Crippen LogP contribution is 2.38. The third kappa shape index (κ3) is 9.84. The number of hydrogen-bond donors (Lipinski definition) is 3. The second kappa shape index (κ2) is 19.7. The highest BCUT2D eigenvalue weighted by atomic mass is 16.6. The lowest BCUT2D eigenvalue weighted by molar-refractivity contribution is 0.0179. The number of ether oxygens (including phenoxy) is 4. The van der Waals surface area contributed by atoms with Crippen molar-refractivity contribution >= 4 is 44.4 Å². The summed E-state index contributed by atoms with van der Waals surface area (Å²) in [6.45, 7) is 13.6. The molecule has 0 amide bonds. The quantitative estimate of drug-likeness (QED) is 0.114. The van der Waals surface area contributed by atoms with Crippen LogP contribution >= 0.6 is 0 Å². The molecule has 0 saturated heterocycles. The lowest BCUT2D eigenvalue weighted by atomic mass is 9.98. The van der Waals surface area contributed by atoms with Crippen molar-refractivity contribution in [1.82, 2.24) is 24.9 Å². The molecule has 1 aromatic carbocycles. The molecule has 5 rings (SSSR count). The van der Waals surface area contributed by atoms with Gasteiger partial charge in [0.1, 0.15) is 12.4 Å². The van der Waals surface area contributed by atoms with Crippen molar-refractivity contribution in [1.29, 1.82) is 0 Å². The maximum absolute atomic E-state index is 9.76. The van der Waals surface area contributed by atoms with Gasteiger partial charge in [-0.3, -0.25) is 9.97 Å². The molecule has 0 fully saturated rings. The number of aryl methyl sites for hydroxylation is 3. The maximum atomic E-state index is 9.76. The van der Waals surface area contributed by atoms with Crippen LogP contribution in [0.5, 0.6) is 5.75 Å². The number of rotatable bonds is 18. The Balaban J connectivity index is 1.68. The van der Waals surface area contributed by atoms with Crippen molar-refractivity contribution in [2.75, 3.05) is 60.0 Å². The van der Waals surface area contributed by atoms with Gasteiger partial charge in [0.15, 0.2) is 0 Å². The number of methoxy groups -OCH3 is 1. The van der Waals surface area contributed by atoms with Crippen LogP contribution < -0.4 is 4.74 Å². The predicted octanol–water partition coefficient (Wildman–Crippen LogP) is 7.37. The minimum absolute atomic E-state index is 0.0993. The number of hydrogen-bond acceptors (Lipinski definition) is 10. The van der Waals surface area contributed by atoms with E-state index in [0.717, 1.165) is 74.5 Å². The highest BCUT2D eigenvalue weighted by molar-refractivity contribution is 5.95. The Bertz CT molecular complexity index is 2000. The van der Waals surface area contributed by atoms with Crippen molar-refractivity contribution in [3.8, 4) is 5.75 Å². The van der Waals surface area contributed by atoms with Crippen LogP contribution in [0, 0.1) is 13.8 Å². The highest BCUT2D eigenvalue weighted by Gasteiger charge is 2.21. The van der Waals surface area contributed by atoms with E-state index in [-0.39, 0.29) is 13.2 Å². The number of aromatic nitrogens is 5. The minimum atomic E-state index is 0.0993. The molecule has 2 aliphatic rings. The Morgan fingerprint density at radius 1 is 0.642 bits per heavy atom. The zero-order valence-electron chi connectivity index (χ0n) is 32.2. The first-order chi connectivity index (χ1) is 25.8. The molecule has 0 atom stereocenters. The number of benzene rings is 1. The summed E-state index contributed by atoms with van der Waals surface area (Å²) in [5.74, 6) is 0.699. The summed E-state index contributed by atoms with van der Waals surface area (Å²) in [5.41, 5.74) is 14.3. The van der Waals surface area contributed by atoms with Crippen LogP contribution in [0.1, 0.15) is 92.3 Å². The van der Waals surface area contributed by atoms with Crippen LogP contribution in [0.15, 0.2) is 36.7 Å². The summed E-state index contributed by atoms with van der Waals surface area (Å²) in [4.78, 5) is 23.9. The zero-order chi connectivity index (χ0) is 37.7. The monoisotopic (exact) mass is 725 g/mol. The number of nitrogens with one attached hydrogen (secondary N) is 1.